The van der Waals surface area contributed by atoms with E-state index in [1.807, 2.05) is 19.1 Å². The SMILES string of the molecule is CCCNS(=O)(=O)c1ccc(C2CCCCC2)cc1. The van der Waals surface area contributed by atoms with Crippen LogP contribution in [0.2, 0.25) is 0 Å². The van der Waals surface area contributed by atoms with Crippen molar-refractivity contribution in [3.8, 4) is 0 Å². The number of rotatable bonds is 5. The van der Waals surface area contributed by atoms with Gasteiger partial charge in [0.2, 0.25) is 10.0 Å². The zero-order valence-electron chi connectivity index (χ0n) is 11.6. The highest BCUT2D eigenvalue weighted by Gasteiger charge is 2.17. The predicted octanol–water partition coefficient (Wildman–Crippen LogP) is 3.42. The minimum atomic E-state index is -3.32. The number of nitrogens with one attached hydrogen (secondary N) is 1. The average molecular weight is 281 g/mol. The van der Waals surface area contributed by atoms with Gasteiger partial charge in [0, 0.05) is 6.54 Å². The summed E-state index contributed by atoms with van der Waals surface area (Å²) in [5.41, 5.74) is 1.29. The van der Waals surface area contributed by atoms with Gasteiger partial charge in [-0.2, -0.15) is 0 Å². The lowest BCUT2D eigenvalue weighted by atomic mass is 9.84. The van der Waals surface area contributed by atoms with Gasteiger partial charge in [0.05, 0.1) is 4.90 Å². The Morgan fingerprint density at radius 3 is 2.32 bits per heavy atom. The van der Waals surface area contributed by atoms with Gasteiger partial charge in [0.1, 0.15) is 0 Å². The summed E-state index contributed by atoms with van der Waals surface area (Å²) in [7, 11) is -3.32. The molecular formula is C15H23NO2S. The molecule has 1 fully saturated rings. The lowest BCUT2D eigenvalue weighted by Gasteiger charge is -2.22. The van der Waals surface area contributed by atoms with Crippen molar-refractivity contribution in [2.24, 2.45) is 0 Å². The van der Waals surface area contributed by atoms with Crippen LogP contribution in [0, 0.1) is 0 Å². The van der Waals surface area contributed by atoms with Gasteiger partial charge in [0.15, 0.2) is 0 Å². The Bertz CT molecular complexity index is 487. The van der Waals surface area contributed by atoms with E-state index >= 15 is 0 Å². The highest BCUT2D eigenvalue weighted by atomic mass is 32.2. The Kier molecular flexibility index (Phi) is 4.99. The van der Waals surface area contributed by atoms with Crippen LogP contribution in [-0.2, 0) is 10.0 Å². The van der Waals surface area contributed by atoms with Crippen molar-refractivity contribution < 1.29 is 8.42 Å². The summed E-state index contributed by atoms with van der Waals surface area (Å²) in [5, 5.41) is 0. The largest absolute Gasteiger partial charge is 0.240 e. The summed E-state index contributed by atoms with van der Waals surface area (Å²) < 4.78 is 26.5. The van der Waals surface area contributed by atoms with Crippen molar-refractivity contribution >= 4 is 10.0 Å². The molecule has 1 aromatic rings. The van der Waals surface area contributed by atoms with E-state index in [-0.39, 0.29) is 0 Å². The Labute approximate surface area is 116 Å². The molecular weight excluding hydrogens is 258 g/mol. The van der Waals surface area contributed by atoms with Crippen molar-refractivity contribution in [2.45, 2.75) is 56.3 Å². The highest BCUT2D eigenvalue weighted by Crippen LogP contribution is 2.32. The van der Waals surface area contributed by atoms with Gasteiger partial charge in [-0.3, -0.25) is 0 Å². The first-order chi connectivity index (χ1) is 9.13. The van der Waals surface area contributed by atoms with Gasteiger partial charge >= 0.3 is 0 Å². The fourth-order valence-corrected chi connectivity index (χ4v) is 3.81. The zero-order valence-corrected chi connectivity index (χ0v) is 12.4. The Hall–Kier alpha value is -0.870. The van der Waals surface area contributed by atoms with E-state index in [1.165, 1.54) is 37.7 Å². The van der Waals surface area contributed by atoms with E-state index in [9.17, 15) is 8.42 Å². The molecule has 19 heavy (non-hydrogen) atoms. The highest BCUT2D eigenvalue weighted by molar-refractivity contribution is 7.89. The average Bonchev–Trinajstić information content (AvgIpc) is 2.46. The van der Waals surface area contributed by atoms with E-state index < -0.39 is 10.0 Å². The lowest BCUT2D eigenvalue weighted by Crippen LogP contribution is -2.24. The normalized spacial score (nSPS) is 17.5. The molecule has 3 nitrogen and oxygen atoms in total. The molecule has 0 aliphatic heterocycles. The van der Waals surface area contributed by atoms with E-state index in [1.54, 1.807) is 12.1 Å². The molecule has 0 bridgehead atoms. The fraction of sp³-hybridized carbons (Fsp3) is 0.600. The van der Waals surface area contributed by atoms with E-state index in [0.717, 1.165) is 6.42 Å². The molecule has 4 heteroatoms. The molecule has 0 aromatic heterocycles. The van der Waals surface area contributed by atoms with Crippen molar-refractivity contribution in [2.75, 3.05) is 6.54 Å². The third kappa shape index (κ3) is 3.80. The van der Waals surface area contributed by atoms with Gasteiger partial charge in [-0.15, -0.1) is 0 Å². The van der Waals surface area contributed by atoms with Gasteiger partial charge in [-0.25, -0.2) is 13.1 Å². The molecule has 2 rings (SSSR count). The molecule has 0 heterocycles. The van der Waals surface area contributed by atoms with Crippen molar-refractivity contribution in [3.05, 3.63) is 29.8 Å². The van der Waals surface area contributed by atoms with Crippen molar-refractivity contribution in [3.63, 3.8) is 0 Å². The molecule has 0 atom stereocenters. The van der Waals surface area contributed by atoms with Crippen LogP contribution in [0.3, 0.4) is 0 Å². The third-order valence-corrected chi connectivity index (χ3v) is 5.29. The molecule has 0 radical (unpaired) electrons. The monoisotopic (exact) mass is 281 g/mol. The van der Waals surface area contributed by atoms with Gasteiger partial charge in [-0.1, -0.05) is 38.3 Å². The number of hydrogen-bond donors (Lipinski definition) is 1. The summed E-state index contributed by atoms with van der Waals surface area (Å²) in [4.78, 5) is 0.375. The molecule has 1 N–H and O–H groups in total. The van der Waals surface area contributed by atoms with Crippen LogP contribution in [0.15, 0.2) is 29.2 Å². The van der Waals surface area contributed by atoms with E-state index in [0.29, 0.717) is 17.4 Å². The first-order valence-electron chi connectivity index (χ1n) is 7.23. The standard InChI is InChI=1S/C15H23NO2S/c1-2-12-16-19(17,18)15-10-8-14(9-11-15)13-6-4-3-5-7-13/h8-11,13,16H,2-7,12H2,1H3. The summed E-state index contributed by atoms with van der Waals surface area (Å²) in [6, 6.07) is 7.44. The first kappa shape index (κ1) is 14.5. The maximum absolute atomic E-state index is 12.0. The maximum atomic E-state index is 12.0. The molecule has 1 saturated carbocycles. The smallest absolute Gasteiger partial charge is 0.211 e. The minimum Gasteiger partial charge on any atom is -0.211 e. The molecule has 0 amide bonds. The van der Waals surface area contributed by atoms with Crippen molar-refractivity contribution in [1.82, 2.24) is 4.72 Å². The maximum Gasteiger partial charge on any atom is 0.240 e. The van der Waals surface area contributed by atoms with Gasteiger partial charge in [-0.05, 0) is 42.9 Å². The number of benzene rings is 1. The molecule has 0 unspecified atom stereocenters. The van der Waals surface area contributed by atoms with Crippen LogP contribution in [0.25, 0.3) is 0 Å². The Balaban J connectivity index is 2.09. The summed E-state index contributed by atoms with van der Waals surface area (Å²) >= 11 is 0. The predicted molar refractivity (Wildman–Crippen MR) is 77.7 cm³/mol. The number of hydrogen-bond acceptors (Lipinski definition) is 2. The minimum absolute atomic E-state index is 0.375. The lowest BCUT2D eigenvalue weighted by molar-refractivity contribution is 0.443. The molecule has 1 aliphatic rings. The van der Waals surface area contributed by atoms with Crippen molar-refractivity contribution in [1.29, 1.82) is 0 Å². The zero-order chi connectivity index (χ0) is 13.7. The Morgan fingerprint density at radius 2 is 1.74 bits per heavy atom. The van der Waals surface area contributed by atoms with Gasteiger partial charge < -0.3 is 0 Å². The summed E-state index contributed by atoms with van der Waals surface area (Å²) in [5.74, 6) is 0.620. The molecule has 0 spiro atoms. The van der Waals surface area contributed by atoms with Crippen LogP contribution >= 0.6 is 0 Å². The summed E-state index contributed by atoms with van der Waals surface area (Å²) in [6.45, 7) is 2.45. The van der Waals surface area contributed by atoms with Gasteiger partial charge in [0.25, 0.3) is 0 Å². The second-order valence-electron chi connectivity index (χ2n) is 5.30. The molecule has 1 aromatic carbocycles. The molecule has 1 aliphatic carbocycles. The van der Waals surface area contributed by atoms with Crippen LogP contribution < -0.4 is 4.72 Å². The Morgan fingerprint density at radius 1 is 1.11 bits per heavy atom. The van der Waals surface area contributed by atoms with Crippen LogP contribution in [-0.4, -0.2) is 15.0 Å². The molecule has 0 saturated heterocycles. The first-order valence-corrected chi connectivity index (χ1v) is 8.71. The van der Waals surface area contributed by atoms with Crippen LogP contribution in [0.4, 0.5) is 0 Å². The van der Waals surface area contributed by atoms with E-state index in [2.05, 4.69) is 4.72 Å². The quantitative estimate of drug-likeness (QED) is 0.899. The van der Waals surface area contributed by atoms with Crippen LogP contribution in [0.5, 0.6) is 0 Å². The van der Waals surface area contributed by atoms with E-state index in [4.69, 9.17) is 0 Å². The third-order valence-electron chi connectivity index (χ3n) is 3.81. The molecule has 106 valence electrons. The second kappa shape index (κ2) is 6.53. The fourth-order valence-electron chi connectivity index (χ4n) is 2.67. The number of sulfonamides is 1. The van der Waals surface area contributed by atoms with Crippen LogP contribution in [0.1, 0.15) is 56.9 Å². The summed E-state index contributed by atoms with van der Waals surface area (Å²) in [6.07, 6.45) is 7.20. The second-order valence-corrected chi connectivity index (χ2v) is 7.07. The topological polar surface area (TPSA) is 46.2 Å².